The molecule has 9 nitrogen and oxygen atoms in total. The van der Waals surface area contributed by atoms with Gasteiger partial charge < -0.3 is 15.2 Å². The molecule has 4 aromatic rings. The molecule has 0 saturated carbocycles. The van der Waals surface area contributed by atoms with Gasteiger partial charge in [0.2, 0.25) is 0 Å². The highest BCUT2D eigenvalue weighted by Crippen LogP contribution is 2.41. The van der Waals surface area contributed by atoms with E-state index in [-0.39, 0.29) is 22.0 Å². The maximum atomic E-state index is 13.2. The molecule has 4 rings (SSSR count). The average Bonchev–Trinajstić information content (AvgIpc) is 2.88. The zero-order chi connectivity index (χ0) is 27.6. The van der Waals surface area contributed by atoms with Crippen LogP contribution in [0.4, 0.5) is 17.1 Å². The van der Waals surface area contributed by atoms with E-state index < -0.39 is 26.7 Å². The third-order valence-electron chi connectivity index (χ3n) is 5.71. The Balaban J connectivity index is 1.82. The number of rotatable bonds is 7. The highest BCUT2D eigenvalue weighted by atomic mass is 35.5. The second-order valence-corrected chi connectivity index (χ2v) is 10.2. The molecule has 0 spiro atoms. The predicted octanol–water partition coefficient (Wildman–Crippen LogP) is 7.34. The molecule has 0 bridgehead atoms. The summed E-state index contributed by atoms with van der Waals surface area (Å²) >= 11 is 12.3. The topological polar surface area (TPSA) is 138 Å². The molecule has 38 heavy (non-hydrogen) atoms. The summed E-state index contributed by atoms with van der Waals surface area (Å²) in [5.41, 5.74) is 0.445. The maximum Gasteiger partial charge on any atom is 0.296 e. The first kappa shape index (κ1) is 27.3. The standard InChI is InChI=1S/C26H21Cl2N3O6S/c1-3-14-8-10-20(22(28)25(14)38(34,35)36)30-31-23-17-7-5-4-6-15(17)12-18(24(23)32)26(33)29-19-11-9-16(27)13-21(19)37-2/h4-13,32H,3H2,1-2H3,(H,29,33)(H,34,35,36). The minimum absolute atomic E-state index is 0.0413. The number of ether oxygens (including phenoxy) is 1. The van der Waals surface area contributed by atoms with Gasteiger partial charge in [-0.3, -0.25) is 9.35 Å². The van der Waals surface area contributed by atoms with Crippen LogP contribution in [0.15, 0.2) is 75.8 Å². The lowest BCUT2D eigenvalue weighted by molar-refractivity contribution is 0.102. The quantitative estimate of drug-likeness (QED) is 0.156. The number of hydrogen-bond donors (Lipinski definition) is 3. The normalized spacial score (nSPS) is 11.7. The summed E-state index contributed by atoms with van der Waals surface area (Å²) < 4.78 is 38.8. The van der Waals surface area contributed by atoms with Crippen molar-refractivity contribution in [3.63, 3.8) is 0 Å². The number of benzene rings is 4. The van der Waals surface area contributed by atoms with Crippen molar-refractivity contribution in [2.75, 3.05) is 12.4 Å². The number of aromatic hydroxyl groups is 1. The van der Waals surface area contributed by atoms with Crippen molar-refractivity contribution < 1.29 is 27.6 Å². The summed E-state index contributed by atoms with van der Waals surface area (Å²) in [6.45, 7) is 1.71. The molecular weight excluding hydrogens is 553 g/mol. The lowest BCUT2D eigenvalue weighted by Gasteiger charge is -2.13. The molecule has 1 amide bonds. The second-order valence-electron chi connectivity index (χ2n) is 8.06. The van der Waals surface area contributed by atoms with E-state index in [1.807, 2.05) is 0 Å². The van der Waals surface area contributed by atoms with Crippen molar-refractivity contribution in [3.05, 3.63) is 81.8 Å². The molecule has 4 aromatic carbocycles. The molecule has 12 heteroatoms. The predicted molar refractivity (Wildman–Crippen MR) is 146 cm³/mol. The number of carbonyl (C=O) groups excluding carboxylic acids is 1. The summed E-state index contributed by atoms with van der Waals surface area (Å²) in [6.07, 6.45) is 0.299. The van der Waals surface area contributed by atoms with E-state index in [0.29, 0.717) is 39.2 Å². The Labute approximate surface area is 228 Å². The largest absolute Gasteiger partial charge is 0.505 e. The zero-order valence-corrected chi connectivity index (χ0v) is 22.4. The summed E-state index contributed by atoms with van der Waals surface area (Å²) in [5, 5.41) is 23.1. The molecular formula is C26H21Cl2N3O6S. The molecule has 0 aromatic heterocycles. The summed E-state index contributed by atoms with van der Waals surface area (Å²) in [5.74, 6) is -0.788. The third-order valence-corrected chi connectivity index (χ3v) is 7.42. The second kappa shape index (κ2) is 11.0. The number of amides is 1. The number of phenols is 1. The number of azo groups is 1. The van der Waals surface area contributed by atoms with Crippen LogP contribution in [0.2, 0.25) is 10.0 Å². The summed E-state index contributed by atoms with van der Waals surface area (Å²) in [4.78, 5) is 12.7. The Kier molecular flexibility index (Phi) is 7.89. The maximum absolute atomic E-state index is 13.2. The van der Waals surface area contributed by atoms with E-state index in [1.165, 1.54) is 31.4 Å². The molecule has 0 aliphatic rings. The SMILES string of the molecule is CCc1ccc(N=Nc2c(O)c(C(=O)Nc3ccc(Cl)cc3OC)cc3ccccc23)c(Cl)c1S(=O)(=O)O. The van der Waals surface area contributed by atoms with Crippen LogP contribution < -0.4 is 10.1 Å². The van der Waals surface area contributed by atoms with Crippen LogP contribution in [-0.4, -0.2) is 31.1 Å². The van der Waals surface area contributed by atoms with Crippen LogP contribution in [0.3, 0.4) is 0 Å². The number of fused-ring (bicyclic) bond motifs is 1. The van der Waals surface area contributed by atoms with Gasteiger partial charge in [0.1, 0.15) is 22.0 Å². The summed E-state index contributed by atoms with van der Waals surface area (Å²) in [7, 11) is -3.21. The van der Waals surface area contributed by atoms with Gasteiger partial charge in [-0.15, -0.1) is 10.2 Å². The Bertz CT molecular complexity index is 1710. The molecule has 0 saturated heterocycles. The van der Waals surface area contributed by atoms with Gasteiger partial charge in [-0.25, -0.2) is 0 Å². The summed E-state index contributed by atoms with van der Waals surface area (Å²) in [6, 6.07) is 16.0. The molecule has 0 radical (unpaired) electrons. The van der Waals surface area contributed by atoms with Gasteiger partial charge in [0.25, 0.3) is 16.0 Å². The van der Waals surface area contributed by atoms with Crippen molar-refractivity contribution in [1.82, 2.24) is 0 Å². The molecule has 0 aliphatic heterocycles. The molecule has 0 unspecified atom stereocenters. The number of phenolic OH excluding ortho intramolecular Hbond substituents is 1. The van der Waals surface area contributed by atoms with Crippen molar-refractivity contribution in [2.45, 2.75) is 18.2 Å². The van der Waals surface area contributed by atoms with Crippen LogP contribution in [0.25, 0.3) is 10.8 Å². The molecule has 196 valence electrons. The van der Waals surface area contributed by atoms with E-state index >= 15 is 0 Å². The first-order valence-corrected chi connectivity index (χ1v) is 13.3. The Hall–Kier alpha value is -3.70. The van der Waals surface area contributed by atoms with Crippen LogP contribution in [0, 0.1) is 0 Å². The first-order chi connectivity index (χ1) is 18.0. The fraction of sp³-hybridized carbons (Fsp3) is 0.115. The van der Waals surface area contributed by atoms with Gasteiger partial charge in [0.15, 0.2) is 5.75 Å². The smallest absolute Gasteiger partial charge is 0.296 e. The van der Waals surface area contributed by atoms with E-state index in [0.717, 1.165) is 0 Å². The van der Waals surface area contributed by atoms with Crippen LogP contribution in [0.1, 0.15) is 22.8 Å². The number of carbonyl (C=O) groups is 1. The molecule has 0 fully saturated rings. The number of aryl methyl sites for hydroxylation is 1. The zero-order valence-electron chi connectivity index (χ0n) is 20.1. The number of nitrogens with one attached hydrogen (secondary N) is 1. The third kappa shape index (κ3) is 5.44. The molecule has 0 atom stereocenters. The number of nitrogens with zero attached hydrogens (tertiary/aromatic N) is 2. The minimum atomic E-state index is -4.64. The highest BCUT2D eigenvalue weighted by molar-refractivity contribution is 7.86. The molecule has 0 heterocycles. The van der Waals surface area contributed by atoms with E-state index in [9.17, 15) is 22.9 Å². The number of hydrogen-bond acceptors (Lipinski definition) is 7. The fourth-order valence-electron chi connectivity index (χ4n) is 3.87. The Morgan fingerprint density at radius 1 is 1.05 bits per heavy atom. The van der Waals surface area contributed by atoms with Gasteiger partial charge in [0, 0.05) is 16.5 Å². The monoisotopic (exact) mass is 573 g/mol. The van der Waals surface area contributed by atoms with E-state index in [1.54, 1.807) is 43.3 Å². The lowest BCUT2D eigenvalue weighted by Crippen LogP contribution is -2.13. The van der Waals surface area contributed by atoms with Crippen LogP contribution in [-0.2, 0) is 16.5 Å². The fourth-order valence-corrected chi connectivity index (χ4v) is 5.43. The van der Waals surface area contributed by atoms with Crippen molar-refractivity contribution in [1.29, 1.82) is 0 Å². The van der Waals surface area contributed by atoms with Crippen LogP contribution >= 0.6 is 23.2 Å². The van der Waals surface area contributed by atoms with Gasteiger partial charge in [-0.2, -0.15) is 8.42 Å². The van der Waals surface area contributed by atoms with Crippen molar-refractivity contribution in [3.8, 4) is 11.5 Å². The first-order valence-electron chi connectivity index (χ1n) is 11.1. The number of anilines is 1. The Morgan fingerprint density at radius 3 is 2.47 bits per heavy atom. The number of methoxy groups -OCH3 is 1. The average molecular weight is 574 g/mol. The van der Waals surface area contributed by atoms with E-state index in [2.05, 4.69) is 15.5 Å². The van der Waals surface area contributed by atoms with E-state index in [4.69, 9.17) is 27.9 Å². The van der Waals surface area contributed by atoms with Crippen LogP contribution in [0.5, 0.6) is 11.5 Å². The lowest BCUT2D eigenvalue weighted by atomic mass is 10.0. The molecule has 3 N–H and O–H groups in total. The Morgan fingerprint density at radius 2 is 1.79 bits per heavy atom. The van der Waals surface area contributed by atoms with Gasteiger partial charge >= 0.3 is 0 Å². The number of halogens is 2. The molecule has 0 aliphatic carbocycles. The van der Waals surface area contributed by atoms with Gasteiger partial charge in [0.05, 0.1) is 23.4 Å². The van der Waals surface area contributed by atoms with Crippen molar-refractivity contribution in [2.24, 2.45) is 10.2 Å². The van der Waals surface area contributed by atoms with Crippen molar-refractivity contribution >= 4 is 67.1 Å². The van der Waals surface area contributed by atoms with Gasteiger partial charge in [-0.1, -0.05) is 60.5 Å². The minimum Gasteiger partial charge on any atom is -0.505 e. The highest BCUT2D eigenvalue weighted by Gasteiger charge is 2.23. The van der Waals surface area contributed by atoms with Gasteiger partial charge in [-0.05, 0) is 41.6 Å².